The molecule has 0 spiro atoms. The van der Waals surface area contributed by atoms with E-state index in [1.807, 2.05) is 16.7 Å². The van der Waals surface area contributed by atoms with Crippen LogP contribution in [-0.2, 0) is 4.79 Å². The summed E-state index contributed by atoms with van der Waals surface area (Å²) in [7, 11) is 0. The van der Waals surface area contributed by atoms with Crippen LogP contribution < -0.4 is 5.32 Å². The number of thioether (sulfide) groups is 1. The number of rotatable bonds is 1. The van der Waals surface area contributed by atoms with Gasteiger partial charge in [0.1, 0.15) is 0 Å². The highest BCUT2D eigenvalue weighted by Gasteiger charge is 2.31. The molecule has 2 heterocycles. The predicted molar refractivity (Wildman–Crippen MR) is 63.6 cm³/mol. The molecule has 0 aromatic carbocycles. The van der Waals surface area contributed by atoms with Gasteiger partial charge in [-0.1, -0.05) is 0 Å². The Labute approximate surface area is 100 Å². The van der Waals surface area contributed by atoms with E-state index < -0.39 is 0 Å². The summed E-state index contributed by atoms with van der Waals surface area (Å²) in [4.78, 5) is 13.8. The third kappa shape index (κ3) is 3.24. The summed E-state index contributed by atoms with van der Waals surface area (Å²) in [5.41, 5.74) is 0. The molecular weight excluding hydrogens is 236 g/mol. The summed E-state index contributed by atoms with van der Waals surface area (Å²) >= 11 is 1.90. The van der Waals surface area contributed by atoms with Gasteiger partial charge in [-0.25, -0.2) is 0 Å². The molecule has 2 rings (SSSR count). The van der Waals surface area contributed by atoms with Gasteiger partial charge in [-0.3, -0.25) is 4.79 Å². The second kappa shape index (κ2) is 5.94. The fourth-order valence-electron chi connectivity index (χ4n) is 1.91. The number of nitrogens with one attached hydrogen (secondary N) is 1. The van der Waals surface area contributed by atoms with Gasteiger partial charge in [-0.05, 0) is 6.42 Å². The topological polar surface area (TPSA) is 52.6 Å². The molecular formula is C9H17ClN2O2S. The van der Waals surface area contributed by atoms with Crippen LogP contribution >= 0.6 is 24.2 Å². The van der Waals surface area contributed by atoms with E-state index in [4.69, 9.17) is 0 Å². The quantitative estimate of drug-likeness (QED) is 0.673. The summed E-state index contributed by atoms with van der Waals surface area (Å²) in [6.45, 7) is 2.27. The Hall–Kier alpha value is 0.0300. The maximum atomic E-state index is 11.9. The smallest absolute Gasteiger partial charge is 0.239 e. The van der Waals surface area contributed by atoms with Gasteiger partial charge in [0, 0.05) is 31.1 Å². The lowest BCUT2D eigenvalue weighted by Crippen LogP contribution is -2.46. The summed E-state index contributed by atoms with van der Waals surface area (Å²) in [5, 5.41) is 12.4. The van der Waals surface area contributed by atoms with Crippen LogP contribution in [-0.4, -0.2) is 59.2 Å². The van der Waals surface area contributed by atoms with Crippen LogP contribution in [0.4, 0.5) is 0 Å². The Kier molecular flexibility index (Phi) is 5.18. The normalized spacial score (nSPS) is 31.1. The molecule has 0 radical (unpaired) electrons. The number of nitrogens with zero attached hydrogens (tertiary/aromatic N) is 1. The molecule has 1 amide bonds. The number of hydrogen-bond donors (Lipinski definition) is 2. The van der Waals surface area contributed by atoms with Gasteiger partial charge in [0.25, 0.3) is 0 Å². The molecule has 2 aliphatic heterocycles. The van der Waals surface area contributed by atoms with Crippen molar-refractivity contribution in [3.8, 4) is 0 Å². The van der Waals surface area contributed by atoms with Crippen LogP contribution in [0.5, 0.6) is 0 Å². The van der Waals surface area contributed by atoms with Crippen LogP contribution in [0.2, 0.25) is 0 Å². The monoisotopic (exact) mass is 252 g/mol. The van der Waals surface area contributed by atoms with Crippen molar-refractivity contribution in [1.82, 2.24) is 10.2 Å². The lowest BCUT2D eigenvalue weighted by atomic mass is 10.2. The highest BCUT2D eigenvalue weighted by atomic mass is 35.5. The number of β-amino-alcohol motifs (C(OH)–C–C–N with tert-alkyl or cyclic N) is 1. The van der Waals surface area contributed by atoms with E-state index in [1.165, 1.54) is 0 Å². The molecule has 0 bridgehead atoms. The zero-order chi connectivity index (χ0) is 9.97. The first-order chi connectivity index (χ1) is 6.77. The highest BCUT2D eigenvalue weighted by molar-refractivity contribution is 7.99. The summed E-state index contributed by atoms with van der Waals surface area (Å²) in [6, 6.07) is -0.145. The number of amides is 1. The van der Waals surface area contributed by atoms with Gasteiger partial charge in [0.15, 0.2) is 0 Å². The van der Waals surface area contributed by atoms with Crippen molar-refractivity contribution in [2.75, 3.05) is 31.1 Å². The maximum absolute atomic E-state index is 11.9. The number of carbonyl (C=O) groups is 1. The van der Waals surface area contributed by atoms with Crippen LogP contribution in [0.25, 0.3) is 0 Å². The van der Waals surface area contributed by atoms with E-state index in [1.54, 1.807) is 0 Å². The fourth-order valence-corrected chi connectivity index (χ4v) is 2.81. The molecule has 2 fully saturated rings. The second-order valence-electron chi connectivity index (χ2n) is 3.79. The van der Waals surface area contributed by atoms with Gasteiger partial charge in [-0.15, -0.1) is 12.4 Å². The molecule has 0 aromatic heterocycles. The first-order valence-electron chi connectivity index (χ1n) is 5.05. The van der Waals surface area contributed by atoms with Gasteiger partial charge >= 0.3 is 0 Å². The number of carbonyl (C=O) groups excluding carboxylic acids is 1. The largest absolute Gasteiger partial charge is 0.392 e. The Morgan fingerprint density at radius 2 is 2.07 bits per heavy atom. The van der Waals surface area contributed by atoms with Crippen molar-refractivity contribution >= 4 is 30.1 Å². The second-order valence-corrected chi connectivity index (χ2v) is 5.01. The van der Waals surface area contributed by atoms with Crippen molar-refractivity contribution in [2.45, 2.75) is 18.6 Å². The first kappa shape index (κ1) is 13.1. The average Bonchev–Trinajstić information content (AvgIpc) is 2.65. The highest BCUT2D eigenvalue weighted by Crippen LogP contribution is 2.14. The SMILES string of the molecule is Cl.O=C([C@H]1C[C@H](O)CN1)N1CCSCC1. The summed E-state index contributed by atoms with van der Waals surface area (Å²) in [5.74, 6) is 2.25. The number of halogens is 1. The lowest BCUT2D eigenvalue weighted by molar-refractivity contribution is -0.132. The molecule has 0 aromatic rings. The van der Waals surface area contributed by atoms with E-state index in [0.29, 0.717) is 13.0 Å². The molecule has 15 heavy (non-hydrogen) atoms. The first-order valence-corrected chi connectivity index (χ1v) is 6.21. The molecule has 88 valence electrons. The molecule has 0 unspecified atom stereocenters. The summed E-state index contributed by atoms with van der Waals surface area (Å²) in [6.07, 6.45) is 0.228. The van der Waals surface area contributed by atoms with Crippen LogP contribution in [0.3, 0.4) is 0 Å². The molecule has 2 aliphatic rings. The molecule has 0 aliphatic carbocycles. The van der Waals surface area contributed by atoms with Gasteiger partial charge < -0.3 is 15.3 Å². The standard InChI is InChI=1S/C9H16N2O2S.ClH/c12-7-5-8(10-6-7)9(13)11-1-3-14-4-2-11;/h7-8,10,12H,1-6H2;1H/t7-,8+;/m0./s1. The zero-order valence-electron chi connectivity index (χ0n) is 8.52. The number of aliphatic hydroxyl groups is 1. The molecule has 2 N–H and O–H groups in total. The Balaban J connectivity index is 0.00000112. The molecule has 0 saturated carbocycles. The van der Waals surface area contributed by atoms with Crippen molar-refractivity contribution < 1.29 is 9.90 Å². The third-order valence-corrected chi connectivity index (χ3v) is 3.67. The van der Waals surface area contributed by atoms with Crippen LogP contribution in [0.1, 0.15) is 6.42 Å². The van der Waals surface area contributed by atoms with Crippen molar-refractivity contribution in [1.29, 1.82) is 0 Å². The minimum Gasteiger partial charge on any atom is -0.392 e. The molecule has 6 heteroatoms. The minimum absolute atomic E-state index is 0. The van der Waals surface area contributed by atoms with E-state index in [2.05, 4.69) is 5.32 Å². The van der Waals surface area contributed by atoms with Crippen molar-refractivity contribution in [3.63, 3.8) is 0 Å². The summed E-state index contributed by atoms with van der Waals surface area (Å²) < 4.78 is 0. The van der Waals surface area contributed by atoms with Crippen LogP contribution in [0, 0.1) is 0 Å². The molecule has 2 atom stereocenters. The average molecular weight is 253 g/mol. The predicted octanol–water partition coefficient (Wildman–Crippen LogP) is -0.294. The molecule has 4 nitrogen and oxygen atoms in total. The van der Waals surface area contributed by atoms with Gasteiger partial charge in [-0.2, -0.15) is 11.8 Å². The fraction of sp³-hybridized carbons (Fsp3) is 0.889. The van der Waals surface area contributed by atoms with E-state index in [9.17, 15) is 9.90 Å². The van der Waals surface area contributed by atoms with Crippen LogP contribution in [0.15, 0.2) is 0 Å². The molecule has 2 saturated heterocycles. The minimum atomic E-state index is -0.344. The lowest BCUT2D eigenvalue weighted by Gasteiger charge is -2.28. The zero-order valence-corrected chi connectivity index (χ0v) is 10.1. The Morgan fingerprint density at radius 1 is 1.40 bits per heavy atom. The maximum Gasteiger partial charge on any atom is 0.239 e. The number of hydrogen-bond acceptors (Lipinski definition) is 4. The Morgan fingerprint density at radius 3 is 2.60 bits per heavy atom. The van der Waals surface area contributed by atoms with Gasteiger partial charge in [0.2, 0.25) is 5.91 Å². The van der Waals surface area contributed by atoms with E-state index in [-0.39, 0.29) is 30.5 Å². The van der Waals surface area contributed by atoms with Crippen molar-refractivity contribution in [2.24, 2.45) is 0 Å². The van der Waals surface area contributed by atoms with Crippen molar-refractivity contribution in [3.05, 3.63) is 0 Å². The third-order valence-electron chi connectivity index (χ3n) is 2.73. The van der Waals surface area contributed by atoms with E-state index in [0.717, 1.165) is 24.6 Å². The number of aliphatic hydroxyl groups excluding tert-OH is 1. The van der Waals surface area contributed by atoms with Gasteiger partial charge in [0.05, 0.1) is 12.1 Å². The Bertz CT molecular complexity index is 217. The van der Waals surface area contributed by atoms with E-state index >= 15 is 0 Å².